The predicted octanol–water partition coefficient (Wildman–Crippen LogP) is 3.50. The average molecular weight is 436 g/mol. The van der Waals surface area contributed by atoms with Crippen molar-refractivity contribution in [3.63, 3.8) is 0 Å². The number of fused-ring (bicyclic) bond motifs is 1. The number of carbonyl (C=O) groups is 1. The van der Waals surface area contributed by atoms with Crippen LogP contribution in [0.1, 0.15) is 23.0 Å². The molecule has 3 aromatic carbocycles. The van der Waals surface area contributed by atoms with Crippen LogP contribution in [0, 0.1) is 6.92 Å². The minimum absolute atomic E-state index is 0.00522. The van der Waals surface area contributed by atoms with Crippen molar-refractivity contribution in [2.75, 3.05) is 0 Å². The monoisotopic (exact) mass is 435 g/mol. The molecule has 0 amide bonds. The van der Waals surface area contributed by atoms with Crippen LogP contribution in [0.3, 0.4) is 0 Å². The summed E-state index contributed by atoms with van der Waals surface area (Å²) in [4.78, 5) is 16.2. The zero-order valence-electron chi connectivity index (χ0n) is 16.8. The molecule has 1 aromatic heterocycles. The Labute approximate surface area is 180 Å². The third kappa shape index (κ3) is 4.35. The fourth-order valence-electron chi connectivity index (χ4n) is 3.48. The molecular formula is C23H21N3O4S. The molecule has 0 spiro atoms. The molecule has 158 valence electrons. The normalized spacial score (nSPS) is 12.7. The molecule has 7 nitrogen and oxygen atoms in total. The largest absolute Gasteiger partial charge is 0.480 e. The second-order valence-corrected chi connectivity index (χ2v) is 8.90. The second-order valence-electron chi connectivity index (χ2n) is 7.18. The Hall–Kier alpha value is -3.49. The highest BCUT2D eigenvalue weighted by Crippen LogP contribution is 2.20. The number of imidazole rings is 1. The lowest BCUT2D eigenvalue weighted by atomic mass is 10.1. The molecule has 0 unspecified atom stereocenters. The van der Waals surface area contributed by atoms with E-state index in [1.807, 2.05) is 31.2 Å². The molecule has 4 rings (SSSR count). The van der Waals surface area contributed by atoms with Gasteiger partial charge in [-0.05, 0) is 42.3 Å². The molecule has 0 aliphatic carbocycles. The summed E-state index contributed by atoms with van der Waals surface area (Å²) in [6, 6.07) is 21.1. The number of sulfonamides is 1. The molecule has 2 N–H and O–H groups in total. The van der Waals surface area contributed by atoms with E-state index in [0.717, 1.165) is 22.4 Å². The molecule has 1 heterocycles. The molecule has 8 heteroatoms. The number of nitrogens with one attached hydrogen (secondary N) is 1. The van der Waals surface area contributed by atoms with Gasteiger partial charge in [0.05, 0.1) is 15.9 Å². The summed E-state index contributed by atoms with van der Waals surface area (Å²) in [5.41, 5.74) is 3.18. The molecule has 0 saturated carbocycles. The first-order valence-electron chi connectivity index (χ1n) is 9.66. The highest BCUT2D eigenvalue weighted by molar-refractivity contribution is 7.89. The zero-order chi connectivity index (χ0) is 22.0. The number of rotatable bonds is 7. The van der Waals surface area contributed by atoms with Crippen LogP contribution in [0.4, 0.5) is 0 Å². The van der Waals surface area contributed by atoms with Crippen LogP contribution in [0.25, 0.3) is 11.0 Å². The van der Waals surface area contributed by atoms with Gasteiger partial charge in [-0.15, -0.1) is 0 Å². The summed E-state index contributed by atoms with van der Waals surface area (Å²) < 4.78 is 29.9. The van der Waals surface area contributed by atoms with Gasteiger partial charge in [0, 0.05) is 6.54 Å². The first-order chi connectivity index (χ1) is 14.8. The maximum Gasteiger partial charge on any atom is 0.326 e. The summed E-state index contributed by atoms with van der Waals surface area (Å²) in [5.74, 6) is -0.402. The zero-order valence-corrected chi connectivity index (χ0v) is 17.6. The maximum atomic E-state index is 12.8. The molecule has 0 aliphatic rings. The van der Waals surface area contributed by atoms with E-state index < -0.39 is 22.0 Å². The number of aliphatic carboxylic acids is 1. The van der Waals surface area contributed by atoms with Gasteiger partial charge in [-0.25, -0.2) is 13.4 Å². The van der Waals surface area contributed by atoms with E-state index in [2.05, 4.69) is 14.3 Å². The number of hydrogen-bond acceptors (Lipinski definition) is 4. The van der Waals surface area contributed by atoms with E-state index in [-0.39, 0.29) is 4.90 Å². The van der Waals surface area contributed by atoms with E-state index in [0.29, 0.717) is 12.1 Å². The fraction of sp³-hybridized carbons (Fsp3) is 0.130. The summed E-state index contributed by atoms with van der Waals surface area (Å²) in [7, 11) is -4.02. The van der Waals surface area contributed by atoms with Gasteiger partial charge >= 0.3 is 5.97 Å². The van der Waals surface area contributed by atoms with Crippen molar-refractivity contribution in [1.29, 1.82) is 0 Å². The van der Waals surface area contributed by atoms with Crippen LogP contribution in [0.2, 0.25) is 0 Å². The van der Waals surface area contributed by atoms with E-state index >= 15 is 0 Å². The summed E-state index contributed by atoms with van der Waals surface area (Å²) in [6.45, 7) is 2.47. The summed E-state index contributed by atoms with van der Waals surface area (Å²) in [5, 5.41) is 9.50. The Bertz CT molecular complexity index is 1330. The second kappa shape index (κ2) is 8.33. The smallest absolute Gasteiger partial charge is 0.326 e. The maximum absolute atomic E-state index is 12.8. The van der Waals surface area contributed by atoms with Crippen molar-refractivity contribution in [3.05, 3.63) is 95.8 Å². The fourth-order valence-corrected chi connectivity index (χ4v) is 4.66. The van der Waals surface area contributed by atoms with E-state index in [1.165, 1.54) is 12.1 Å². The van der Waals surface area contributed by atoms with Gasteiger partial charge in [0.2, 0.25) is 10.0 Å². The highest BCUT2D eigenvalue weighted by atomic mass is 32.2. The van der Waals surface area contributed by atoms with Gasteiger partial charge in [-0.3, -0.25) is 4.79 Å². The molecular weight excluding hydrogens is 414 g/mol. The van der Waals surface area contributed by atoms with Crippen LogP contribution >= 0.6 is 0 Å². The third-order valence-corrected chi connectivity index (χ3v) is 6.51. The van der Waals surface area contributed by atoms with Crippen molar-refractivity contribution in [2.45, 2.75) is 24.4 Å². The van der Waals surface area contributed by atoms with Crippen LogP contribution < -0.4 is 4.72 Å². The van der Waals surface area contributed by atoms with Crippen molar-refractivity contribution in [1.82, 2.24) is 14.3 Å². The van der Waals surface area contributed by atoms with Gasteiger partial charge < -0.3 is 9.67 Å². The van der Waals surface area contributed by atoms with Gasteiger partial charge in [0.1, 0.15) is 11.9 Å². The van der Waals surface area contributed by atoms with E-state index in [1.54, 1.807) is 42.5 Å². The topological polar surface area (TPSA) is 101 Å². The average Bonchev–Trinajstić information content (AvgIpc) is 3.08. The van der Waals surface area contributed by atoms with Gasteiger partial charge in [-0.1, -0.05) is 54.6 Å². The summed E-state index contributed by atoms with van der Waals surface area (Å²) >= 11 is 0. The number of benzene rings is 3. The summed E-state index contributed by atoms with van der Waals surface area (Å²) in [6.07, 6.45) is 0. The molecule has 0 aliphatic heterocycles. The van der Waals surface area contributed by atoms with Crippen LogP contribution in [0.15, 0.2) is 83.8 Å². The lowest BCUT2D eigenvalue weighted by Gasteiger charge is -2.15. The third-order valence-electron chi connectivity index (χ3n) is 5.07. The molecule has 4 aromatic rings. The minimum atomic E-state index is -4.02. The van der Waals surface area contributed by atoms with E-state index in [9.17, 15) is 18.3 Å². The molecule has 0 fully saturated rings. The van der Waals surface area contributed by atoms with Crippen molar-refractivity contribution >= 4 is 27.0 Å². The van der Waals surface area contributed by atoms with Crippen molar-refractivity contribution in [3.8, 4) is 0 Å². The number of hydrogen-bond donors (Lipinski definition) is 2. The standard InChI is InChI=1S/C23H21N3O4S/c1-16-24-20-9-5-6-10-21(20)26(16)15-17-11-13-19(14-12-17)31(29,30)25-22(23(27)28)18-7-3-2-4-8-18/h2-14,22,25H,15H2,1H3,(H,27,28)/t22-/m0/s1. The highest BCUT2D eigenvalue weighted by Gasteiger charge is 2.26. The van der Waals surface area contributed by atoms with Gasteiger partial charge in [0.15, 0.2) is 0 Å². The molecule has 1 atom stereocenters. The minimum Gasteiger partial charge on any atom is -0.480 e. The van der Waals surface area contributed by atoms with E-state index in [4.69, 9.17) is 0 Å². The Kier molecular flexibility index (Phi) is 5.58. The number of para-hydroxylation sites is 2. The molecule has 0 saturated heterocycles. The molecule has 31 heavy (non-hydrogen) atoms. The Morgan fingerprint density at radius 2 is 1.65 bits per heavy atom. The van der Waals surface area contributed by atoms with Crippen LogP contribution in [0.5, 0.6) is 0 Å². The lowest BCUT2D eigenvalue weighted by molar-refractivity contribution is -0.139. The van der Waals surface area contributed by atoms with Crippen molar-refractivity contribution < 1.29 is 18.3 Å². The first-order valence-corrected chi connectivity index (χ1v) is 11.1. The Morgan fingerprint density at radius 3 is 2.32 bits per heavy atom. The Morgan fingerprint density at radius 1 is 1.00 bits per heavy atom. The lowest BCUT2D eigenvalue weighted by Crippen LogP contribution is -2.33. The number of aryl methyl sites for hydroxylation is 1. The number of aromatic nitrogens is 2. The quantitative estimate of drug-likeness (QED) is 0.463. The van der Waals surface area contributed by atoms with Gasteiger partial charge in [-0.2, -0.15) is 4.72 Å². The first kappa shape index (κ1) is 20.8. The Balaban J connectivity index is 1.57. The molecule has 0 radical (unpaired) electrons. The van der Waals surface area contributed by atoms with Crippen LogP contribution in [-0.4, -0.2) is 29.0 Å². The number of carboxylic acid groups (broad SMARTS) is 1. The van der Waals surface area contributed by atoms with Gasteiger partial charge in [0.25, 0.3) is 0 Å². The number of carboxylic acids is 1. The van der Waals surface area contributed by atoms with Crippen LogP contribution in [-0.2, 0) is 21.4 Å². The molecule has 0 bridgehead atoms. The SMILES string of the molecule is Cc1nc2ccccc2n1Cc1ccc(S(=O)(=O)N[C@H](C(=O)O)c2ccccc2)cc1. The van der Waals surface area contributed by atoms with Crippen molar-refractivity contribution in [2.24, 2.45) is 0 Å². The predicted molar refractivity (Wildman–Crippen MR) is 117 cm³/mol. The number of nitrogens with zero attached hydrogens (tertiary/aromatic N) is 2.